The molecule has 1 aliphatic heterocycles. The van der Waals surface area contributed by atoms with Gasteiger partial charge in [-0.05, 0) is 61.2 Å². The highest BCUT2D eigenvalue weighted by atomic mass is 35.5. The van der Waals surface area contributed by atoms with Crippen LogP contribution in [0.3, 0.4) is 0 Å². The summed E-state index contributed by atoms with van der Waals surface area (Å²) in [6.07, 6.45) is 8.16. The zero-order valence-corrected chi connectivity index (χ0v) is 17.2. The summed E-state index contributed by atoms with van der Waals surface area (Å²) >= 11 is 1.75. The summed E-state index contributed by atoms with van der Waals surface area (Å²) in [5, 5.41) is 3.41. The van der Waals surface area contributed by atoms with E-state index in [0.717, 1.165) is 6.42 Å². The Labute approximate surface area is 166 Å². The van der Waals surface area contributed by atoms with Crippen molar-refractivity contribution in [1.29, 1.82) is 0 Å². The molecule has 142 valence electrons. The highest BCUT2D eigenvalue weighted by Gasteiger charge is 2.35. The number of fused-ring (bicyclic) bond motifs is 1. The minimum atomic E-state index is 0. The molecule has 2 unspecified atom stereocenters. The minimum absolute atomic E-state index is 0. The lowest BCUT2D eigenvalue weighted by molar-refractivity contribution is -0.133. The van der Waals surface area contributed by atoms with Gasteiger partial charge in [0.25, 0.3) is 0 Å². The number of amides is 1. The molecule has 1 saturated carbocycles. The SMILES string of the molecule is CN(C(=O)Cc1csc2ccccc12)C1CCCCC1N1CCCC1.Cl. The van der Waals surface area contributed by atoms with Crippen molar-refractivity contribution in [2.45, 2.75) is 57.0 Å². The molecule has 3 nitrogen and oxygen atoms in total. The van der Waals surface area contributed by atoms with Gasteiger partial charge in [0.05, 0.1) is 6.42 Å². The second kappa shape index (κ2) is 8.73. The van der Waals surface area contributed by atoms with Crippen molar-refractivity contribution < 1.29 is 4.79 Å². The Hall–Kier alpha value is -1.10. The molecule has 1 saturated heterocycles. The van der Waals surface area contributed by atoms with Crippen LogP contribution in [0.5, 0.6) is 0 Å². The molecule has 2 heterocycles. The van der Waals surface area contributed by atoms with Crippen LogP contribution in [0.1, 0.15) is 44.1 Å². The zero-order valence-electron chi connectivity index (χ0n) is 15.5. The van der Waals surface area contributed by atoms with E-state index in [1.54, 1.807) is 11.3 Å². The molecular formula is C21H29ClN2OS. The van der Waals surface area contributed by atoms with Crippen molar-refractivity contribution in [2.75, 3.05) is 20.1 Å². The predicted molar refractivity (Wildman–Crippen MR) is 112 cm³/mol. The third-order valence-electron chi connectivity index (χ3n) is 6.10. The largest absolute Gasteiger partial charge is 0.341 e. The minimum Gasteiger partial charge on any atom is -0.341 e. The fourth-order valence-corrected chi connectivity index (χ4v) is 5.65. The topological polar surface area (TPSA) is 23.6 Å². The molecule has 0 N–H and O–H groups in total. The van der Waals surface area contributed by atoms with Gasteiger partial charge in [-0.15, -0.1) is 23.7 Å². The van der Waals surface area contributed by atoms with Gasteiger partial charge in [0.1, 0.15) is 0 Å². The maximum absolute atomic E-state index is 13.0. The number of rotatable bonds is 4. The lowest BCUT2D eigenvalue weighted by Gasteiger charge is -2.42. The van der Waals surface area contributed by atoms with E-state index in [9.17, 15) is 4.79 Å². The molecule has 0 radical (unpaired) electrons. The van der Waals surface area contributed by atoms with E-state index in [0.29, 0.717) is 18.5 Å². The van der Waals surface area contributed by atoms with Gasteiger partial charge in [0, 0.05) is 23.8 Å². The number of nitrogens with zero attached hydrogens (tertiary/aromatic N) is 2. The molecule has 1 aliphatic carbocycles. The van der Waals surface area contributed by atoms with Gasteiger partial charge in [-0.2, -0.15) is 0 Å². The molecule has 2 aliphatic rings. The summed E-state index contributed by atoms with van der Waals surface area (Å²) in [4.78, 5) is 17.8. The molecule has 2 atom stereocenters. The smallest absolute Gasteiger partial charge is 0.227 e. The van der Waals surface area contributed by atoms with Crippen LogP contribution in [-0.4, -0.2) is 47.9 Å². The maximum Gasteiger partial charge on any atom is 0.227 e. The third kappa shape index (κ3) is 3.92. The lowest BCUT2D eigenvalue weighted by Crippen LogP contribution is -2.53. The van der Waals surface area contributed by atoms with Crippen LogP contribution in [0.4, 0.5) is 0 Å². The van der Waals surface area contributed by atoms with Crippen molar-refractivity contribution in [3.8, 4) is 0 Å². The van der Waals surface area contributed by atoms with E-state index in [1.165, 1.54) is 60.8 Å². The molecule has 2 fully saturated rings. The van der Waals surface area contributed by atoms with Crippen LogP contribution in [0, 0.1) is 0 Å². The van der Waals surface area contributed by atoms with Crippen molar-refractivity contribution in [1.82, 2.24) is 9.80 Å². The van der Waals surface area contributed by atoms with Crippen molar-refractivity contribution in [3.05, 3.63) is 35.2 Å². The molecule has 2 aromatic rings. The highest BCUT2D eigenvalue weighted by Crippen LogP contribution is 2.30. The Kier molecular flexibility index (Phi) is 6.60. The average Bonchev–Trinajstić information content (AvgIpc) is 3.32. The second-order valence-electron chi connectivity index (χ2n) is 7.60. The lowest BCUT2D eigenvalue weighted by atomic mass is 9.88. The van der Waals surface area contributed by atoms with Crippen molar-refractivity contribution in [3.63, 3.8) is 0 Å². The molecule has 26 heavy (non-hydrogen) atoms. The van der Waals surface area contributed by atoms with Crippen LogP contribution in [-0.2, 0) is 11.2 Å². The van der Waals surface area contributed by atoms with E-state index in [4.69, 9.17) is 0 Å². The number of carbonyl (C=O) groups is 1. The van der Waals surface area contributed by atoms with Crippen molar-refractivity contribution in [2.24, 2.45) is 0 Å². The Morgan fingerprint density at radius 3 is 2.69 bits per heavy atom. The van der Waals surface area contributed by atoms with Gasteiger partial charge >= 0.3 is 0 Å². The first-order valence-electron chi connectivity index (χ1n) is 9.69. The number of carbonyl (C=O) groups excluding carboxylic acids is 1. The molecule has 0 spiro atoms. The first kappa shape index (κ1) is 19.7. The summed E-state index contributed by atoms with van der Waals surface area (Å²) in [7, 11) is 2.04. The highest BCUT2D eigenvalue weighted by molar-refractivity contribution is 7.17. The van der Waals surface area contributed by atoms with Crippen LogP contribution in [0.15, 0.2) is 29.6 Å². The van der Waals surface area contributed by atoms with E-state index < -0.39 is 0 Å². The first-order chi connectivity index (χ1) is 12.2. The Balaban J connectivity index is 0.00000196. The molecule has 0 bridgehead atoms. The Morgan fingerprint density at radius 2 is 1.88 bits per heavy atom. The van der Waals surface area contributed by atoms with Crippen LogP contribution >= 0.6 is 23.7 Å². The fraction of sp³-hybridized carbons (Fsp3) is 0.571. The van der Waals surface area contributed by atoms with Gasteiger partial charge in [-0.3, -0.25) is 9.69 Å². The monoisotopic (exact) mass is 392 g/mol. The molecule has 1 amide bonds. The van der Waals surface area contributed by atoms with E-state index in [-0.39, 0.29) is 18.3 Å². The van der Waals surface area contributed by atoms with Gasteiger partial charge in [-0.25, -0.2) is 0 Å². The van der Waals surface area contributed by atoms with Crippen molar-refractivity contribution >= 4 is 39.7 Å². The molecule has 1 aromatic carbocycles. The average molecular weight is 393 g/mol. The standard InChI is InChI=1S/C21H28N2OS.ClH/c1-22(18-9-3-4-10-19(18)23-12-6-7-13-23)21(24)14-16-15-25-20-11-5-2-8-17(16)20;/h2,5,8,11,15,18-19H,3-4,6-7,9-10,12-14H2,1H3;1H. The molecule has 1 aromatic heterocycles. The summed E-state index contributed by atoms with van der Waals surface area (Å²) in [5.41, 5.74) is 1.19. The van der Waals surface area contributed by atoms with E-state index in [1.807, 2.05) is 7.05 Å². The number of benzene rings is 1. The predicted octanol–water partition coefficient (Wildman–Crippen LogP) is 4.73. The number of hydrogen-bond donors (Lipinski definition) is 0. The Bertz CT molecular complexity index is 740. The number of likely N-dealkylation sites (tertiary alicyclic amines) is 1. The van der Waals surface area contributed by atoms with Crippen LogP contribution < -0.4 is 0 Å². The number of thiophene rings is 1. The summed E-state index contributed by atoms with van der Waals surface area (Å²) in [6, 6.07) is 9.38. The summed E-state index contributed by atoms with van der Waals surface area (Å²) in [6.45, 7) is 2.44. The van der Waals surface area contributed by atoms with E-state index in [2.05, 4.69) is 39.4 Å². The van der Waals surface area contributed by atoms with Gasteiger partial charge in [0.15, 0.2) is 0 Å². The maximum atomic E-state index is 13.0. The number of likely N-dealkylation sites (N-methyl/N-ethyl adjacent to an activating group) is 1. The number of hydrogen-bond acceptors (Lipinski definition) is 3. The zero-order chi connectivity index (χ0) is 17.2. The fourth-order valence-electron chi connectivity index (χ4n) is 4.68. The third-order valence-corrected chi connectivity index (χ3v) is 7.11. The van der Waals surface area contributed by atoms with E-state index >= 15 is 0 Å². The first-order valence-corrected chi connectivity index (χ1v) is 10.6. The summed E-state index contributed by atoms with van der Waals surface area (Å²) < 4.78 is 1.28. The normalized spacial score (nSPS) is 23.7. The summed E-state index contributed by atoms with van der Waals surface area (Å²) in [5.74, 6) is 0.277. The Morgan fingerprint density at radius 1 is 1.15 bits per heavy atom. The molecule has 4 rings (SSSR count). The van der Waals surface area contributed by atoms with Crippen LogP contribution in [0.2, 0.25) is 0 Å². The van der Waals surface area contributed by atoms with Gasteiger partial charge in [0.2, 0.25) is 5.91 Å². The molecular weight excluding hydrogens is 364 g/mol. The quantitative estimate of drug-likeness (QED) is 0.750. The second-order valence-corrected chi connectivity index (χ2v) is 8.51. The van der Waals surface area contributed by atoms with Crippen LogP contribution in [0.25, 0.3) is 10.1 Å². The molecule has 5 heteroatoms. The van der Waals surface area contributed by atoms with Gasteiger partial charge in [-0.1, -0.05) is 31.0 Å². The van der Waals surface area contributed by atoms with Gasteiger partial charge < -0.3 is 4.90 Å². The number of halogens is 1.